The largest absolute Gasteiger partial charge is 0.392 e. The molecule has 1 fully saturated rings. The Balaban J connectivity index is 1.80. The number of amides is 1. The minimum Gasteiger partial charge on any atom is -0.392 e. The van der Waals surface area contributed by atoms with E-state index in [-0.39, 0.29) is 23.5 Å². The van der Waals surface area contributed by atoms with E-state index < -0.39 is 0 Å². The Kier molecular flexibility index (Phi) is 3.59. The number of hydrogen-bond donors (Lipinski definition) is 2. The van der Waals surface area contributed by atoms with Crippen molar-refractivity contribution in [2.45, 2.75) is 32.4 Å². The normalized spacial score (nSPS) is 23.4. The van der Waals surface area contributed by atoms with Crippen LogP contribution in [-0.2, 0) is 0 Å². The van der Waals surface area contributed by atoms with Gasteiger partial charge in [-0.05, 0) is 23.4 Å². The summed E-state index contributed by atoms with van der Waals surface area (Å²) in [5.74, 6) is -0.0474. The molecule has 1 aromatic carbocycles. The molecule has 2 N–H and O–H groups in total. The van der Waals surface area contributed by atoms with Gasteiger partial charge in [0.1, 0.15) is 0 Å². The number of nitrogens with one attached hydrogen (secondary N) is 1. The molecule has 2 atom stereocenters. The van der Waals surface area contributed by atoms with Crippen molar-refractivity contribution >= 4 is 17.2 Å². The van der Waals surface area contributed by atoms with Crippen LogP contribution in [0.4, 0.5) is 0 Å². The van der Waals surface area contributed by atoms with Crippen LogP contribution in [0, 0.1) is 5.41 Å². The Bertz CT molecular complexity index is 648. The van der Waals surface area contributed by atoms with E-state index in [0.29, 0.717) is 6.42 Å². The molecule has 0 saturated heterocycles. The predicted octanol–water partition coefficient (Wildman–Crippen LogP) is 3.30. The Hall–Kier alpha value is -1.65. The van der Waals surface area contributed by atoms with Crippen molar-refractivity contribution in [3.8, 4) is 11.1 Å². The molecule has 1 aliphatic rings. The summed E-state index contributed by atoms with van der Waals surface area (Å²) in [4.78, 5) is 13.2. The molecule has 0 aliphatic heterocycles. The number of carbonyl (C=O) groups is 1. The molecule has 110 valence electrons. The summed E-state index contributed by atoms with van der Waals surface area (Å²) in [7, 11) is 0. The van der Waals surface area contributed by atoms with Crippen molar-refractivity contribution in [2.75, 3.05) is 0 Å². The highest BCUT2D eigenvalue weighted by Gasteiger charge is 2.48. The number of hydrogen-bond acceptors (Lipinski definition) is 3. The Labute approximate surface area is 128 Å². The lowest BCUT2D eigenvalue weighted by atomic mass is 9.64. The van der Waals surface area contributed by atoms with E-state index in [9.17, 15) is 9.90 Å². The molecule has 1 heterocycles. The second-order valence-corrected chi connectivity index (χ2v) is 7.04. The van der Waals surface area contributed by atoms with E-state index in [2.05, 4.69) is 5.32 Å². The molecule has 1 aliphatic carbocycles. The molecule has 1 amide bonds. The fourth-order valence-corrected chi connectivity index (χ4v) is 3.52. The van der Waals surface area contributed by atoms with Crippen molar-refractivity contribution in [2.24, 2.45) is 5.41 Å². The second-order valence-electron chi connectivity index (χ2n) is 6.13. The van der Waals surface area contributed by atoms with Crippen molar-refractivity contribution in [1.82, 2.24) is 5.32 Å². The highest BCUT2D eigenvalue weighted by molar-refractivity contribution is 7.12. The van der Waals surface area contributed by atoms with Gasteiger partial charge in [-0.1, -0.05) is 44.2 Å². The standard InChI is InChI=1S/C17H19NO2S/c1-17(2)13(10-14(17)19)18-16(20)15-12(8-9-21-15)11-6-4-3-5-7-11/h3-9,13-14,19H,10H2,1-2H3,(H,18,20). The molecule has 2 unspecified atom stereocenters. The van der Waals surface area contributed by atoms with E-state index >= 15 is 0 Å². The van der Waals surface area contributed by atoms with E-state index in [0.717, 1.165) is 16.0 Å². The molecule has 21 heavy (non-hydrogen) atoms. The van der Waals surface area contributed by atoms with Crippen LogP contribution >= 0.6 is 11.3 Å². The smallest absolute Gasteiger partial charge is 0.262 e. The zero-order chi connectivity index (χ0) is 15.0. The van der Waals surface area contributed by atoms with Gasteiger partial charge >= 0.3 is 0 Å². The quantitative estimate of drug-likeness (QED) is 0.914. The Morgan fingerprint density at radius 3 is 2.62 bits per heavy atom. The topological polar surface area (TPSA) is 49.3 Å². The first kappa shape index (κ1) is 14.3. The summed E-state index contributed by atoms with van der Waals surface area (Å²) in [6.07, 6.45) is 0.296. The molecule has 1 saturated carbocycles. The van der Waals surface area contributed by atoms with Gasteiger partial charge < -0.3 is 10.4 Å². The average molecular weight is 301 g/mol. The lowest BCUT2D eigenvalue weighted by Gasteiger charge is -2.49. The monoisotopic (exact) mass is 301 g/mol. The van der Waals surface area contributed by atoms with Crippen LogP contribution < -0.4 is 5.32 Å². The van der Waals surface area contributed by atoms with Crippen molar-refractivity contribution in [1.29, 1.82) is 0 Å². The maximum atomic E-state index is 12.5. The summed E-state index contributed by atoms with van der Waals surface area (Å²) in [6, 6.07) is 11.9. The molecule has 3 nitrogen and oxygen atoms in total. The Morgan fingerprint density at radius 1 is 1.29 bits per heavy atom. The number of benzene rings is 1. The summed E-state index contributed by atoms with van der Waals surface area (Å²) >= 11 is 1.46. The molecule has 4 heteroatoms. The van der Waals surface area contributed by atoms with Crippen LogP contribution in [0.25, 0.3) is 11.1 Å². The van der Waals surface area contributed by atoms with Crippen molar-refractivity contribution in [3.05, 3.63) is 46.7 Å². The molecule has 0 bridgehead atoms. The van der Waals surface area contributed by atoms with Crippen molar-refractivity contribution in [3.63, 3.8) is 0 Å². The molecular formula is C17H19NO2S. The van der Waals surface area contributed by atoms with Gasteiger partial charge in [0.2, 0.25) is 0 Å². The zero-order valence-electron chi connectivity index (χ0n) is 12.2. The second kappa shape index (κ2) is 5.28. The predicted molar refractivity (Wildman–Crippen MR) is 85.4 cm³/mol. The van der Waals surface area contributed by atoms with Crippen LogP contribution in [-0.4, -0.2) is 23.2 Å². The minimum absolute atomic E-state index is 0.0331. The number of carbonyl (C=O) groups excluding carboxylic acids is 1. The maximum absolute atomic E-state index is 12.5. The summed E-state index contributed by atoms with van der Waals surface area (Å²) in [6.45, 7) is 3.97. The van der Waals surface area contributed by atoms with E-state index in [1.165, 1.54) is 11.3 Å². The van der Waals surface area contributed by atoms with Gasteiger partial charge in [0.25, 0.3) is 5.91 Å². The van der Waals surface area contributed by atoms with Crippen LogP contribution in [0.5, 0.6) is 0 Å². The van der Waals surface area contributed by atoms with E-state index in [1.807, 2.05) is 55.6 Å². The summed E-state index contributed by atoms with van der Waals surface area (Å²) < 4.78 is 0. The van der Waals surface area contributed by atoms with Gasteiger partial charge in [-0.2, -0.15) is 0 Å². The highest BCUT2D eigenvalue weighted by Crippen LogP contribution is 2.41. The third kappa shape index (κ3) is 2.49. The number of aliphatic hydroxyl groups excluding tert-OH is 1. The number of aliphatic hydroxyl groups is 1. The SMILES string of the molecule is CC1(C)C(O)CC1NC(=O)c1sccc1-c1ccccc1. The van der Waals surface area contributed by atoms with E-state index in [1.54, 1.807) is 0 Å². The third-order valence-corrected chi connectivity index (χ3v) is 5.39. The summed E-state index contributed by atoms with van der Waals surface area (Å²) in [5.41, 5.74) is 1.77. The molecule has 0 spiro atoms. The van der Waals surface area contributed by atoms with Gasteiger partial charge in [-0.3, -0.25) is 4.79 Å². The number of thiophene rings is 1. The summed E-state index contributed by atoms with van der Waals surface area (Å²) in [5, 5.41) is 14.8. The van der Waals surface area contributed by atoms with Gasteiger partial charge in [-0.15, -0.1) is 11.3 Å². The maximum Gasteiger partial charge on any atom is 0.262 e. The average Bonchev–Trinajstić information content (AvgIpc) is 2.97. The van der Waals surface area contributed by atoms with Crippen LogP contribution in [0.3, 0.4) is 0 Å². The minimum atomic E-state index is -0.334. The van der Waals surface area contributed by atoms with Crippen LogP contribution in [0.2, 0.25) is 0 Å². The van der Waals surface area contributed by atoms with Crippen LogP contribution in [0.15, 0.2) is 41.8 Å². The first-order valence-corrected chi connectivity index (χ1v) is 8.00. The van der Waals surface area contributed by atoms with Gasteiger partial charge in [0.15, 0.2) is 0 Å². The van der Waals surface area contributed by atoms with E-state index in [4.69, 9.17) is 0 Å². The van der Waals surface area contributed by atoms with Crippen molar-refractivity contribution < 1.29 is 9.90 Å². The highest BCUT2D eigenvalue weighted by atomic mass is 32.1. The Morgan fingerprint density at radius 2 is 2.00 bits per heavy atom. The van der Waals surface area contributed by atoms with Gasteiger partial charge in [0, 0.05) is 17.0 Å². The lowest BCUT2D eigenvalue weighted by molar-refractivity contribution is -0.0689. The fraction of sp³-hybridized carbons (Fsp3) is 0.353. The first-order valence-electron chi connectivity index (χ1n) is 7.12. The molecular weight excluding hydrogens is 282 g/mol. The van der Waals surface area contributed by atoms with Gasteiger partial charge in [0.05, 0.1) is 11.0 Å². The first-order chi connectivity index (χ1) is 10.00. The van der Waals surface area contributed by atoms with Crippen LogP contribution in [0.1, 0.15) is 29.9 Å². The molecule has 0 radical (unpaired) electrons. The van der Waals surface area contributed by atoms with Gasteiger partial charge in [-0.25, -0.2) is 0 Å². The fourth-order valence-electron chi connectivity index (χ4n) is 2.70. The molecule has 1 aromatic heterocycles. The molecule has 2 aromatic rings. The lowest BCUT2D eigenvalue weighted by Crippen LogP contribution is -2.61. The molecule has 3 rings (SSSR count). The zero-order valence-corrected chi connectivity index (χ0v) is 13.0. The third-order valence-electron chi connectivity index (χ3n) is 4.48. The number of rotatable bonds is 3.